The van der Waals surface area contributed by atoms with Crippen molar-refractivity contribution in [2.45, 2.75) is 4.90 Å². The van der Waals surface area contributed by atoms with Crippen LogP contribution in [0.5, 0.6) is 5.75 Å². The summed E-state index contributed by atoms with van der Waals surface area (Å²) in [5, 5.41) is 24.1. The van der Waals surface area contributed by atoms with Crippen molar-refractivity contribution in [3.8, 4) is 5.75 Å². The van der Waals surface area contributed by atoms with Crippen molar-refractivity contribution in [3.63, 3.8) is 0 Å². The van der Waals surface area contributed by atoms with E-state index in [1.165, 1.54) is 18.2 Å². The van der Waals surface area contributed by atoms with Gasteiger partial charge in [-0.1, -0.05) is 36.4 Å². The average Bonchev–Trinajstić information content (AvgIpc) is 2.87. The molecule has 0 spiro atoms. The number of hydrogen-bond donors (Lipinski definition) is 4. The molecule has 38 heavy (non-hydrogen) atoms. The zero-order chi connectivity index (χ0) is 26.2. The van der Waals surface area contributed by atoms with Crippen LogP contribution in [0.1, 0.15) is 10.4 Å². The predicted molar refractivity (Wildman–Crippen MR) is 148 cm³/mol. The number of fused-ring (bicyclic) bond motifs is 2. The molecule has 0 aliphatic rings. The molecule has 11 heteroatoms. The third-order valence-corrected chi connectivity index (χ3v) is 6.60. The molecule has 0 aliphatic carbocycles. The molecule has 0 saturated carbocycles. The van der Waals surface area contributed by atoms with Crippen LogP contribution in [-0.2, 0) is 10.1 Å². The fraction of sp³-hybridized carbons (Fsp3) is 0. The maximum Gasteiger partial charge on any atom is 0.296 e. The van der Waals surface area contributed by atoms with Crippen LogP contribution in [0.3, 0.4) is 0 Å². The summed E-state index contributed by atoms with van der Waals surface area (Å²) in [6, 6.07) is 25.0. The molecular weight excluding hydrogens is 515 g/mol. The van der Waals surface area contributed by atoms with Gasteiger partial charge in [-0.2, -0.15) is 13.5 Å². The molecule has 0 bridgehead atoms. The Kier molecular flexibility index (Phi) is 7.81. The molecule has 0 saturated heterocycles. The van der Waals surface area contributed by atoms with Crippen molar-refractivity contribution in [2.75, 3.05) is 11.1 Å². The van der Waals surface area contributed by atoms with Gasteiger partial charge in [-0.05, 0) is 70.8 Å². The second kappa shape index (κ2) is 10.9. The maximum atomic E-state index is 12.6. The number of phenols is 1. The number of nitrogens with zero attached hydrogens (tertiary/aromatic N) is 2. The van der Waals surface area contributed by atoms with E-state index in [4.69, 9.17) is 5.73 Å². The van der Waals surface area contributed by atoms with Gasteiger partial charge in [0, 0.05) is 51.9 Å². The van der Waals surface area contributed by atoms with Gasteiger partial charge in [0.15, 0.2) is 5.75 Å². The van der Waals surface area contributed by atoms with Crippen LogP contribution in [-0.4, -0.2) is 53.5 Å². The van der Waals surface area contributed by atoms with E-state index in [0.717, 1.165) is 16.8 Å². The van der Waals surface area contributed by atoms with Crippen molar-refractivity contribution in [1.29, 1.82) is 0 Å². The largest absolute Gasteiger partial charge is 0.505 e. The number of rotatable bonds is 5. The predicted octanol–water partition coefficient (Wildman–Crippen LogP) is 5.81. The summed E-state index contributed by atoms with van der Waals surface area (Å²) in [5.41, 5.74) is 6.87. The van der Waals surface area contributed by atoms with Crippen LogP contribution < -0.4 is 11.1 Å². The normalized spacial score (nSPS) is 11.5. The van der Waals surface area contributed by atoms with Gasteiger partial charge in [-0.25, -0.2) is 0 Å². The molecule has 5 aromatic rings. The zero-order valence-electron chi connectivity index (χ0n) is 20.2. The molecule has 0 atom stereocenters. The second-order valence-corrected chi connectivity index (χ2v) is 9.68. The molecule has 1 radical (unpaired) electrons. The number of hydrogen-bond acceptors (Lipinski definition) is 7. The maximum absolute atomic E-state index is 12.6. The first-order chi connectivity index (χ1) is 17.7. The van der Waals surface area contributed by atoms with Crippen molar-refractivity contribution < 1.29 is 22.9 Å². The number of phenolic OH excluding ortho intramolecular Hbond substituents is 1. The quantitative estimate of drug-likeness (QED) is 0.0963. The van der Waals surface area contributed by atoms with Gasteiger partial charge in [0.2, 0.25) is 0 Å². The summed E-state index contributed by atoms with van der Waals surface area (Å²) in [6.07, 6.45) is 0. The van der Waals surface area contributed by atoms with Crippen LogP contribution in [0.15, 0.2) is 106 Å². The molecule has 0 fully saturated rings. The van der Waals surface area contributed by atoms with Gasteiger partial charge in [0.1, 0.15) is 10.6 Å². The van der Waals surface area contributed by atoms with Crippen molar-refractivity contribution in [3.05, 3.63) is 96.6 Å². The van der Waals surface area contributed by atoms with Gasteiger partial charge >= 0.3 is 0 Å². The van der Waals surface area contributed by atoms with Gasteiger partial charge in [-0.3, -0.25) is 9.35 Å². The standard InChI is InChI=1S/C27H20N4O5S.Na/c28-20-7-3-6-18(12-20)27(33)29-21-10-11-23-19(14-21)15-24(37(34,35)36)25(26(23)32)31-30-22-9-8-16-4-1-2-5-17(16)13-22;/h1-15,32H,28H2,(H,29,33)(H,34,35,36);. The van der Waals surface area contributed by atoms with Crippen molar-refractivity contribution in [1.82, 2.24) is 0 Å². The number of nitrogen functional groups attached to an aromatic ring is 1. The van der Waals surface area contributed by atoms with Gasteiger partial charge < -0.3 is 16.2 Å². The van der Waals surface area contributed by atoms with Crippen LogP contribution in [0.25, 0.3) is 21.5 Å². The first kappa shape index (κ1) is 27.2. The Hall–Kier alpha value is -3.80. The monoisotopic (exact) mass is 535 g/mol. The first-order valence-electron chi connectivity index (χ1n) is 11.0. The van der Waals surface area contributed by atoms with E-state index in [-0.39, 0.29) is 40.3 Å². The number of anilines is 2. The minimum absolute atomic E-state index is 0. The van der Waals surface area contributed by atoms with E-state index in [1.807, 2.05) is 30.3 Å². The number of nitrogens with one attached hydrogen (secondary N) is 1. The van der Waals surface area contributed by atoms with E-state index < -0.39 is 32.4 Å². The summed E-state index contributed by atoms with van der Waals surface area (Å²) in [6.45, 7) is 0. The van der Waals surface area contributed by atoms with Gasteiger partial charge in [-0.15, -0.1) is 5.11 Å². The Morgan fingerprint density at radius 1 is 0.816 bits per heavy atom. The molecule has 0 aliphatic heterocycles. The summed E-state index contributed by atoms with van der Waals surface area (Å²) in [4.78, 5) is 11.9. The van der Waals surface area contributed by atoms with E-state index in [2.05, 4.69) is 15.5 Å². The average molecular weight is 536 g/mol. The fourth-order valence-electron chi connectivity index (χ4n) is 3.95. The number of azo groups is 1. The number of nitrogens with two attached hydrogens (primary N) is 1. The first-order valence-corrected chi connectivity index (χ1v) is 12.5. The number of benzene rings is 5. The minimum Gasteiger partial charge on any atom is -0.505 e. The smallest absolute Gasteiger partial charge is 0.296 e. The van der Waals surface area contributed by atoms with Crippen LogP contribution in [0.2, 0.25) is 0 Å². The zero-order valence-corrected chi connectivity index (χ0v) is 23.0. The van der Waals surface area contributed by atoms with E-state index >= 15 is 0 Å². The Balaban J connectivity index is 0.00000336. The molecule has 9 nitrogen and oxygen atoms in total. The molecule has 5 aromatic carbocycles. The summed E-state index contributed by atoms with van der Waals surface area (Å²) >= 11 is 0. The Bertz CT molecular complexity index is 1840. The van der Waals surface area contributed by atoms with Crippen molar-refractivity contribution in [2.24, 2.45) is 10.2 Å². The number of amides is 1. The summed E-state index contributed by atoms with van der Waals surface area (Å²) < 4.78 is 34.2. The minimum atomic E-state index is -4.79. The van der Waals surface area contributed by atoms with Gasteiger partial charge in [0.25, 0.3) is 16.0 Å². The van der Waals surface area contributed by atoms with Gasteiger partial charge in [0.05, 0.1) is 5.69 Å². The molecule has 0 unspecified atom stereocenters. The topological polar surface area (TPSA) is 154 Å². The Morgan fingerprint density at radius 3 is 2.32 bits per heavy atom. The number of aromatic hydroxyl groups is 1. The SMILES string of the molecule is Nc1cccc(C(=O)Nc2ccc3c(O)c(N=Nc4ccc5ccccc5c4)c(S(=O)(=O)O)cc3c2)c1.[Na]. The number of carbonyl (C=O) groups excluding carboxylic acids is 1. The molecule has 0 aromatic heterocycles. The van der Waals surface area contributed by atoms with E-state index in [1.54, 1.807) is 36.4 Å². The Labute approximate surface area is 240 Å². The van der Waals surface area contributed by atoms with Crippen molar-refractivity contribution >= 4 is 89.9 Å². The number of carbonyl (C=O) groups is 1. The van der Waals surface area contributed by atoms with Crippen LogP contribution in [0.4, 0.5) is 22.7 Å². The molecule has 5 N–H and O–H groups in total. The fourth-order valence-corrected chi connectivity index (χ4v) is 4.61. The molecule has 185 valence electrons. The molecule has 0 heterocycles. The molecular formula is C27H20N4NaO5S. The second-order valence-electron chi connectivity index (χ2n) is 8.29. The molecule has 1 amide bonds. The van der Waals surface area contributed by atoms with Crippen LogP contribution in [0, 0.1) is 0 Å². The Morgan fingerprint density at radius 2 is 1.58 bits per heavy atom. The van der Waals surface area contributed by atoms with E-state index in [0.29, 0.717) is 22.6 Å². The van der Waals surface area contributed by atoms with E-state index in [9.17, 15) is 22.9 Å². The summed E-state index contributed by atoms with van der Waals surface area (Å²) in [7, 11) is -4.79. The molecule has 5 rings (SSSR count). The third kappa shape index (κ3) is 5.69. The van der Waals surface area contributed by atoms with Crippen LogP contribution >= 0.6 is 0 Å². The third-order valence-electron chi connectivity index (χ3n) is 5.73. The summed E-state index contributed by atoms with van der Waals surface area (Å²) in [5.74, 6) is -0.907.